The minimum Gasteiger partial charge on any atom is -0.458 e. The summed E-state index contributed by atoms with van der Waals surface area (Å²) in [7, 11) is 0. The van der Waals surface area contributed by atoms with Crippen molar-refractivity contribution in [3.05, 3.63) is 53.9 Å². The summed E-state index contributed by atoms with van der Waals surface area (Å²) in [5, 5.41) is 3.07. The Kier molecular flexibility index (Phi) is 3.05. The molecule has 1 aromatic carbocycles. The van der Waals surface area contributed by atoms with E-state index in [2.05, 4.69) is 5.32 Å². The van der Waals surface area contributed by atoms with Crippen LogP contribution in [0.25, 0.3) is 0 Å². The number of nitrogens with one attached hydrogen (secondary N) is 1. The molecule has 0 fully saturated rings. The Morgan fingerprint density at radius 2 is 2.07 bits per heavy atom. The lowest BCUT2D eigenvalue weighted by Crippen LogP contribution is -2.10. The summed E-state index contributed by atoms with van der Waals surface area (Å²) in [4.78, 5) is 0. The highest BCUT2D eigenvalue weighted by Gasteiger charge is 1.99. The Morgan fingerprint density at radius 1 is 1.27 bits per heavy atom. The molecular weight excluding hydrogens is 188 g/mol. The molecule has 78 valence electrons. The van der Waals surface area contributed by atoms with Gasteiger partial charge in [0.2, 0.25) is 0 Å². The fraction of sp³-hybridized carbons (Fsp3) is 0.167. The highest BCUT2D eigenvalue weighted by Crippen LogP contribution is 2.16. The van der Waals surface area contributed by atoms with Crippen molar-refractivity contribution in [3.8, 4) is 5.75 Å². The van der Waals surface area contributed by atoms with Gasteiger partial charge in [0.15, 0.2) is 0 Å². The first-order valence-corrected chi connectivity index (χ1v) is 4.95. The van der Waals surface area contributed by atoms with Crippen LogP contribution >= 0.6 is 0 Å². The van der Waals surface area contributed by atoms with Gasteiger partial charge in [-0.15, -0.1) is 0 Å². The van der Waals surface area contributed by atoms with E-state index in [-0.39, 0.29) is 0 Å². The first-order valence-electron chi connectivity index (χ1n) is 4.95. The predicted molar refractivity (Wildman–Crippen MR) is 60.2 cm³/mol. The molecule has 0 bridgehead atoms. The van der Waals surface area contributed by atoms with E-state index in [1.165, 1.54) is 0 Å². The summed E-state index contributed by atoms with van der Waals surface area (Å²) in [5.41, 5.74) is 6.62. The largest absolute Gasteiger partial charge is 0.458 e. The second-order valence-corrected chi connectivity index (χ2v) is 3.30. The maximum absolute atomic E-state index is 5.65. The standard InChI is InChI=1S/C12H14N2O/c13-9-10-1-3-11(4-2-10)15-12-5-7-14-8-6-12/h1-7,14H,8-9,13H2. The Balaban J connectivity index is 2.04. The first kappa shape index (κ1) is 9.80. The normalized spacial score (nSPS) is 14.3. The molecule has 0 spiro atoms. The zero-order chi connectivity index (χ0) is 10.5. The van der Waals surface area contributed by atoms with Gasteiger partial charge in [0, 0.05) is 19.3 Å². The number of ether oxygens (including phenoxy) is 1. The van der Waals surface area contributed by atoms with Crippen LogP contribution in [-0.2, 0) is 6.54 Å². The highest BCUT2D eigenvalue weighted by atomic mass is 16.5. The Bertz CT molecular complexity index is 379. The van der Waals surface area contributed by atoms with Crippen LogP contribution in [0.3, 0.4) is 0 Å². The van der Waals surface area contributed by atoms with Crippen LogP contribution in [0.1, 0.15) is 5.56 Å². The lowest BCUT2D eigenvalue weighted by atomic mass is 10.2. The summed E-state index contributed by atoms with van der Waals surface area (Å²) in [6.45, 7) is 1.37. The molecule has 0 aromatic heterocycles. The minimum absolute atomic E-state index is 0.562. The van der Waals surface area contributed by atoms with Gasteiger partial charge in [-0.05, 0) is 29.8 Å². The van der Waals surface area contributed by atoms with Gasteiger partial charge < -0.3 is 15.8 Å². The third-order valence-electron chi connectivity index (χ3n) is 2.18. The molecule has 1 heterocycles. The second-order valence-electron chi connectivity index (χ2n) is 3.30. The van der Waals surface area contributed by atoms with E-state index in [9.17, 15) is 0 Å². The lowest BCUT2D eigenvalue weighted by molar-refractivity contribution is 0.439. The number of nitrogens with two attached hydrogens (primary N) is 1. The Hall–Kier alpha value is -1.74. The molecule has 3 nitrogen and oxygen atoms in total. The summed E-state index contributed by atoms with van der Waals surface area (Å²) in [6, 6.07) is 7.80. The summed E-state index contributed by atoms with van der Waals surface area (Å²) in [6.07, 6.45) is 5.78. The van der Waals surface area contributed by atoms with E-state index in [1.54, 1.807) is 0 Å². The molecule has 1 aliphatic heterocycles. The molecule has 0 aliphatic carbocycles. The van der Waals surface area contributed by atoms with Crippen LogP contribution < -0.4 is 15.8 Å². The molecule has 0 atom stereocenters. The SMILES string of the molecule is NCc1ccc(OC2=CCNC=C2)cc1. The van der Waals surface area contributed by atoms with Crippen LogP contribution in [0.2, 0.25) is 0 Å². The molecule has 0 saturated heterocycles. The molecular formula is C12H14N2O. The Morgan fingerprint density at radius 3 is 2.67 bits per heavy atom. The number of dihydropyridines is 1. The van der Waals surface area contributed by atoms with Gasteiger partial charge in [-0.1, -0.05) is 12.1 Å². The molecule has 0 saturated carbocycles. The molecule has 0 amide bonds. The van der Waals surface area contributed by atoms with Crippen LogP contribution in [0, 0.1) is 0 Å². The van der Waals surface area contributed by atoms with Gasteiger partial charge in [-0.3, -0.25) is 0 Å². The lowest BCUT2D eigenvalue weighted by Gasteiger charge is -2.10. The maximum Gasteiger partial charge on any atom is 0.127 e. The van der Waals surface area contributed by atoms with Gasteiger partial charge in [0.25, 0.3) is 0 Å². The monoisotopic (exact) mass is 202 g/mol. The van der Waals surface area contributed by atoms with Crippen LogP contribution in [-0.4, -0.2) is 6.54 Å². The highest BCUT2D eigenvalue weighted by molar-refractivity contribution is 5.30. The average Bonchev–Trinajstić information content (AvgIpc) is 2.31. The molecule has 1 aliphatic rings. The number of hydrogen-bond donors (Lipinski definition) is 2. The van der Waals surface area contributed by atoms with Crippen LogP contribution in [0.4, 0.5) is 0 Å². The van der Waals surface area contributed by atoms with Gasteiger partial charge in [0.1, 0.15) is 11.5 Å². The van der Waals surface area contributed by atoms with Gasteiger partial charge in [-0.2, -0.15) is 0 Å². The van der Waals surface area contributed by atoms with Crippen molar-refractivity contribution in [2.45, 2.75) is 6.54 Å². The predicted octanol–water partition coefficient (Wildman–Crippen LogP) is 1.52. The van der Waals surface area contributed by atoms with E-state index in [0.717, 1.165) is 23.6 Å². The van der Waals surface area contributed by atoms with E-state index in [4.69, 9.17) is 10.5 Å². The zero-order valence-electron chi connectivity index (χ0n) is 8.44. The van der Waals surface area contributed by atoms with Gasteiger partial charge in [-0.25, -0.2) is 0 Å². The van der Waals surface area contributed by atoms with Crippen molar-refractivity contribution in [1.29, 1.82) is 0 Å². The van der Waals surface area contributed by atoms with Crippen molar-refractivity contribution < 1.29 is 4.74 Å². The van der Waals surface area contributed by atoms with Crippen molar-refractivity contribution in [3.63, 3.8) is 0 Å². The topological polar surface area (TPSA) is 47.3 Å². The summed E-state index contributed by atoms with van der Waals surface area (Å²) < 4.78 is 5.65. The molecule has 3 N–H and O–H groups in total. The van der Waals surface area contributed by atoms with Crippen molar-refractivity contribution in [2.75, 3.05) is 6.54 Å². The third kappa shape index (κ3) is 2.60. The van der Waals surface area contributed by atoms with Crippen LogP contribution in [0.5, 0.6) is 5.75 Å². The first-order chi connectivity index (χ1) is 7.38. The minimum atomic E-state index is 0.562. The molecule has 3 heteroatoms. The van der Waals surface area contributed by atoms with E-state index < -0.39 is 0 Å². The zero-order valence-corrected chi connectivity index (χ0v) is 8.44. The van der Waals surface area contributed by atoms with E-state index in [0.29, 0.717) is 6.54 Å². The summed E-state index contributed by atoms with van der Waals surface area (Å²) >= 11 is 0. The number of rotatable bonds is 3. The quantitative estimate of drug-likeness (QED) is 0.781. The molecule has 0 radical (unpaired) electrons. The fourth-order valence-corrected chi connectivity index (χ4v) is 1.34. The fourth-order valence-electron chi connectivity index (χ4n) is 1.34. The van der Waals surface area contributed by atoms with Gasteiger partial charge >= 0.3 is 0 Å². The summed E-state index contributed by atoms with van der Waals surface area (Å²) in [5.74, 6) is 1.71. The Labute approximate surface area is 89.2 Å². The van der Waals surface area contributed by atoms with Crippen molar-refractivity contribution >= 4 is 0 Å². The average molecular weight is 202 g/mol. The molecule has 15 heavy (non-hydrogen) atoms. The maximum atomic E-state index is 5.65. The number of benzene rings is 1. The van der Waals surface area contributed by atoms with Crippen molar-refractivity contribution in [2.24, 2.45) is 5.73 Å². The van der Waals surface area contributed by atoms with Crippen molar-refractivity contribution in [1.82, 2.24) is 5.32 Å². The van der Waals surface area contributed by atoms with E-state index >= 15 is 0 Å². The smallest absolute Gasteiger partial charge is 0.127 e. The molecule has 2 rings (SSSR count). The van der Waals surface area contributed by atoms with Crippen LogP contribution in [0.15, 0.2) is 48.4 Å². The number of hydrogen-bond acceptors (Lipinski definition) is 3. The molecule has 0 unspecified atom stereocenters. The second kappa shape index (κ2) is 4.66. The van der Waals surface area contributed by atoms with E-state index in [1.807, 2.05) is 42.6 Å². The number of allylic oxidation sites excluding steroid dienone is 1. The third-order valence-corrected chi connectivity index (χ3v) is 2.18. The molecule has 1 aromatic rings. The van der Waals surface area contributed by atoms with Gasteiger partial charge in [0.05, 0.1) is 0 Å².